The first-order valence-corrected chi connectivity index (χ1v) is 11.4. The lowest BCUT2D eigenvalue weighted by Crippen LogP contribution is -2.32. The molecular formula is C28H31NO3. The molecule has 0 saturated heterocycles. The fourth-order valence-corrected chi connectivity index (χ4v) is 3.57. The van der Waals surface area contributed by atoms with Gasteiger partial charge in [-0.1, -0.05) is 75.4 Å². The van der Waals surface area contributed by atoms with Crippen LogP contribution in [0.15, 0.2) is 84.9 Å². The summed E-state index contributed by atoms with van der Waals surface area (Å²) in [4.78, 5) is 27.5. The molecule has 0 spiro atoms. The van der Waals surface area contributed by atoms with E-state index in [0.717, 1.165) is 18.5 Å². The second-order valence-corrected chi connectivity index (χ2v) is 7.84. The van der Waals surface area contributed by atoms with Gasteiger partial charge in [0, 0.05) is 17.8 Å². The van der Waals surface area contributed by atoms with E-state index in [2.05, 4.69) is 6.92 Å². The fourth-order valence-electron chi connectivity index (χ4n) is 3.57. The van der Waals surface area contributed by atoms with Gasteiger partial charge in [0.25, 0.3) is 5.91 Å². The van der Waals surface area contributed by atoms with Gasteiger partial charge in [0.1, 0.15) is 5.75 Å². The van der Waals surface area contributed by atoms with Gasteiger partial charge in [-0.3, -0.25) is 4.79 Å². The highest BCUT2D eigenvalue weighted by Crippen LogP contribution is 2.21. The average Bonchev–Trinajstić information content (AvgIpc) is 2.84. The molecule has 3 aromatic carbocycles. The minimum absolute atomic E-state index is 0.0289. The number of anilines is 1. The molecule has 0 heterocycles. The molecule has 0 aliphatic rings. The average molecular weight is 430 g/mol. The van der Waals surface area contributed by atoms with Crippen molar-refractivity contribution in [3.05, 3.63) is 96.1 Å². The van der Waals surface area contributed by atoms with Crippen molar-refractivity contribution >= 4 is 17.6 Å². The second-order valence-electron chi connectivity index (χ2n) is 7.84. The van der Waals surface area contributed by atoms with Gasteiger partial charge in [0.15, 0.2) is 0 Å². The number of benzene rings is 3. The summed E-state index contributed by atoms with van der Waals surface area (Å²) in [5.41, 5.74) is 1.89. The van der Waals surface area contributed by atoms with Gasteiger partial charge in [0.05, 0.1) is 5.56 Å². The lowest BCUT2D eigenvalue weighted by atomic mass is 10.1. The standard InChI is InChI=1S/C28H31NO3/c1-2-3-4-5-6-13-22-29(27(30)23-14-9-7-10-15-23)25-20-18-24(19-21-25)28(31)32-26-16-11-8-12-17-26/h7-12,14-21H,2-6,13,22H2,1H3. The first-order valence-electron chi connectivity index (χ1n) is 11.4. The third-order valence-electron chi connectivity index (χ3n) is 5.37. The lowest BCUT2D eigenvalue weighted by Gasteiger charge is -2.23. The van der Waals surface area contributed by atoms with Crippen LogP contribution in [0, 0.1) is 0 Å². The molecule has 0 unspecified atom stereocenters. The van der Waals surface area contributed by atoms with Gasteiger partial charge < -0.3 is 9.64 Å². The number of esters is 1. The highest BCUT2D eigenvalue weighted by molar-refractivity contribution is 6.06. The molecule has 0 bridgehead atoms. The van der Waals surface area contributed by atoms with E-state index in [4.69, 9.17) is 4.74 Å². The predicted octanol–water partition coefficient (Wildman–Crippen LogP) is 6.91. The van der Waals surface area contributed by atoms with E-state index in [9.17, 15) is 9.59 Å². The van der Waals surface area contributed by atoms with Gasteiger partial charge in [-0.25, -0.2) is 4.79 Å². The summed E-state index contributed by atoms with van der Waals surface area (Å²) in [6.07, 6.45) is 6.94. The molecular weight excluding hydrogens is 398 g/mol. The van der Waals surface area contributed by atoms with Crippen molar-refractivity contribution in [2.75, 3.05) is 11.4 Å². The Morgan fingerprint density at radius 1 is 0.688 bits per heavy atom. The Bertz CT molecular complexity index is 969. The molecule has 0 fully saturated rings. The van der Waals surface area contributed by atoms with Crippen LogP contribution in [0.3, 0.4) is 0 Å². The third kappa shape index (κ3) is 6.81. The SMILES string of the molecule is CCCCCCCCN(C(=O)c1ccccc1)c1ccc(C(=O)Oc2ccccc2)cc1. The molecule has 4 heteroatoms. The van der Waals surface area contributed by atoms with E-state index < -0.39 is 5.97 Å². The number of hydrogen-bond donors (Lipinski definition) is 0. The lowest BCUT2D eigenvalue weighted by molar-refractivity contribution is 0.0734. The molecule has 0 saturated carbocycles. The predicted molar refractivity (Wildman–Crippen MR) is 129 cm³/mol. The maximum absolute atomic E-state index is 13.2. The van der Waals surface area contributed by atoms with Crippen molar-refractivity contribution in [2.24, 2.45) is 0 Å². The van der Waals surface area contributed by atoms with Crippen molar-refractivity contribution in [3.63, 3.8) is 0 Å². The molecule has 0 aliphatic carbocycles. The van der Waals surface area contributed by atoms with Crippen molar-refractivity contribution in [1.82, 2.24) is 0 Å². The highest BCUT2D eigenvalue weighted by Gasteiger charge is 2.18. The van der Waals surface area contributed by atoms with Crippen LogP contribution in [0.4, 0.5) is 5.69 Å². The fraction of sp³-hybridized carbons (Fsp3) is 0.286. The van der Waals surface area contributed by atoms with E-state index in [1.807, 2.05) is 65.6 Å². The van der Waals surface area contributed by atoms with E-state index in [0.29, 0.717) is 23.4 Å². The summed E-state index contributed by atoms with van der Waals surface area (Å²) < 4.78 is 5.41. The third-order valence-corrected chi connectivity index (χ3v) is 5.37. The number of unbranched alkanes of at least 4 members (excludes halogenated alkanes) is 5. The molecule has 32 heavy (non-hydrogen) atoms. The van der Waals surface area contributed by atoms with E-state index in [1.165, 1.54) is 25.7 Å². The van der Waals surface area contributed by atoms with Crippen molar-refractivity contribution in [3.8, 4) is 5.75 Å². The Balaban J connectivity index is 1.70. The maximum atomic E-state index is 13.2. The quantitative estimate of drug-likeness (QED) is 0.189. The molecule has 3 aromatic rings. The molecule has 1 amide bonds. The summed E-state index contributed by atoms with van der Waals surface area (Å²) in [6, 6.07) is 25.4. The number of hydrogen-bond acceptors (Lipinski definition) is 3. The molecule has 166 valence electrons. The van der Waals surface area contributed by atoms with Crippen LogP contribution in [-0.2, 0) is 0 Å². The van der Waals surface area contributed by atoms with Crippen LogP contribution in [0.5, 0.6) is 5.75 Å². The van der Waals surface area contributed by atoms with Gasteiger partial charge in [-0.15, -0.1) is 0 Å². The number of carbonyl (C=O) groups is 2. The summed E-state index contributed by atoms with van der Waals surface area (Å²) in [6.45, 7) is 2.85. The summed E-state index contributed by atoms with van der Waals surface area (Å²) >= 11 is 0. The van der Waals surface area contributed by atoms with Crippen LogP contribution < -0.4 is 9.64 Å². The van der Waals surface area contributed by atoms with Gasteiger partial charge >= 0.3 is 5.97 Å². The summed E-state index contributed by atoms with van der Waals surface area (Å²) in [5, 5.41) is 0. The summed E-state index contributed by atoms with van der Waals surface area (Å²) in [7, 11) is 0. The molecule has 0 aromatic heterocycles. The number of ether oxygens (including phenoxy) is 1. The number of carbonyl (C=O) groups excluding carboxylic acids is 2. The molecule has 0 radical (unpaired) electrons. The Morgan fingerprint density at radius 2 is 1.28 bits per heavy atom. The van der Waals surface area contributed by atoms with Gasteiger partial charge in [-0.05, 0) is 55.0 Å². The van der Waals surface area contributed by atoms with Crippen LogP contribution in [0.2, 0.25) is 0 Å². The minimum atomic E-state index is -0.417. The van der Waals surface area contributed by atoms with Crippen LogP contribution in [-0.4, -0.2) is 18.4 Å². The zero-order valence-electron chi connectivity index (χ0n) is 18.7. The topological polar surface area (TPSA) is 46.6 Å². The number of nitrogens with zero attached hydrogens (tertiary/aromatic N) is 1. The first kappa shape index (κ1) is 23.3. The van der Waals surface area contributed by atoms with Crippen LogP contribution in [0.25, 0.3) is 0 Å². The van der Waals surface area contributed by atoms with Gasteiger partial charge in [0.2, 0.25) is 0 Å². The zero-order valence-corrected chi connectivity index (χ0v) is 18.7. The van der Waals surface area contributed by atoms with Gasteiger partial charge in [-0.2, -0.15) is 0 Å². The minimum Gasteiger partial charge on any atom is -0.423 e. The zero-order chi connectivity index (χ0) is 22.6. The number of rotatable bonds is 11. The smallest absolute Gasteiger partial charge is 0.343 e. The molecule has 0 atom stereocenters. The second kappa shape index (κ2) is 12.5. The largest absolute Gasteiger partial charge is 0.423 e. The number of para-hydroxylation sites is 1. The Hall–Kier alpha value is -3.40. The Morgan fingerprint density at radius 3 is 1.94 bits per heavy atom. The monoisotopic (exact) mass is 429 g/mol. The van der Waals surface area contributed by atoms with Crippen LogP contribution in [0.1, 0.15) is 66.2 Å². The molecule has 4 nitrogen and oxygen atoms in total. The van der Waals surface area contributed by atoms with E-state index in [-0.39, 0.29) is 5.91 Å². The normalized spacial score (nSPS) is 10.5. The maximum Gasteiger partial charge on any atom is 0.343 e. The van der Waals surface area contributed by atoms with E-state index in [1.54, 1.807) is 24.3 Å². The Labute approximate surface area is 190 Å². The highest BCUT2D eigenvalue weighted by atomic mass is 16.5. The van der Waals surface area contributed by atoms with Crippen molar-refractivity contribution in [2.45, 2.75) is 45.4 Å². The number of amides is 1. The first-order chi connectivity index (χ1) is 15.7. The van der Waals surface area contributed by atoms with E-state index >= 15 is 0 Å². The van der Waals surface area contributed by atoms with Crippen molar-refractivity contribution < 1.29 is 14.3 Å². The molecule has 0 aliphatic heterocycles. The summed E-state index contributed by atoms with van der Waals surface area (Å²) in [5.74, 6) is 0.0592. The van der Waals surface area contributed by atoms with Crippen molar-refractivity contribution in [1.29, 1.82) is 0 Å². The van der Waals surface area contributed by atoms with Crippen LogP contribution >= 0.6 is 0 Å². The molecule has 3 rings (SSSR count). The molecule has 0 N–H and O–H groups in total. The Kier molecular flexibility index (Phi) is 9.05.